The Labute approximate surface area is 128 Å². The van der Waals surface area contributed by atoms with E-state index in [4.69, 9.17) is 0 Å². The van der Waals surface area contributed by atoms with E-state index < -0.39 is 21.8 Å². The lowest BCUT2D eigenvalue weighted by molar-refractivity contribution is 0.0693. The summed E-state index contributed by atoms with van der Waals surface area (Å²) in [4.78, 5) is 24.9. The first-order valence-electron chi connectivity index (χ1n) is 7.10. The van der Waals surface area contributed by atoms with Crippen LogP contribution in [0.5, 0.6) is 0 Å². The number of fused-ring (bicyclic) bond motifs is 1. The largest absolute Gasteiger partial charge is 0.315 e. The molecule has 1 saturated heterocycles. The predicted octanol–water partition coefficient (Wildman–Crippen LogP) is -0.104. The van der Waals surface area contributed by atoms with Gasteiger partial charge in [-0.15, -0.1) is 0 Å². The van der Waals surface area contributed by atoms with Crippen LogP contribution in [0.4, 0.5) is 0 Å². The molecule has 0 radical (unpaired) electrons. The summed E-state index contributed by atoms with van der Waals surface area (Å²) in [7, 11) is -2.27. The van der Waals surface area contributed by atoms with Crippen molar-refractivity contribution in [2.45, 2.75) is 11.3 Å². The van der Waals surface area contributed by atoms with Gasteiger partial charge in [0.1, 0.15) is 0 Å². The van der Waals surface area contributed by atoms with Crippen LogP contribution >= 0.6 is 0 Å². The number of rotatable bonds is 2. The van der Waals surface area contributed by atoms with Crippen molar-refractivity contribution in [1.82, 2.24) is 14.5 Å². The van der Waals surface area contributed by atoms with Gasteiger partial charge >= 0.3 is 0 Å². The van der Waals surface area contributed by atoms with Crippen molar-refractivity contribution in [1.29, 1.82) is 0 Å². The second-order valence-electron chi connectivity index (χ2n) is 5.38. The van der Waals surface area contributed by atoms with Crippen LogP contribution in [0.1, 0.15) is 27.1 Å². The Morgan fingerprint density at radius 1 is 1.05 bits per heavy atom. The zero-order valence-electron chi connectivity index (χ0n) is 12.2. The van der Waals surface area contributed by atoms with Crippen LogP contribution in [0.3, 0.4) is 0 Å². The van der Waals surface area contributed by atoms with Gasteiger partial charge in [0.25, 0.3) is 11.8 Å². The molecule has 2 heterocycles. The maximum atomic E-state index is 12.7. The van der Waals surface area contributed by atoms with E-state index in [1.54, 1.807) is 0 Å². The van der Waals surface area contributed by atoms with Crippen molar-refractivity contribution >= 4 is 21.8 Å². The molecular weight excluding hydrogens is 306 g/mol. The van der Waals surface area contributed by atoms with Crippen LogP contribution in [-0.4, -0.2) is 62.7 Å². The molecule has 1 aromatic rings. The molecule has 7 nitrogen and oxygen atoms in total. The first-order chi connectivity index (χ1) is 10.4. The molecule has 2 aliphatic heterocycles. The highest BCUT2D eigenvalue weighted by molar-refractivity contribution is 7.89. The first kappa shape index (κ1) is 15.1. The summed E-state index contributed by atoms with van der Waals surface area (Å²) in [5.41, 5.74) is 0.408. The Morgan fingerprint density at radius 2 is 1.77 bits per heavy atom. The molecule has 1 N–H and O–H groups in total. The Hall–Kier alpha value is -1.77. The van der Waals surface area contributed by atoms with E-state index in [0.717, 1.165) is 17.9 Å². The number of amides is 2. The van der Waals surface area contributed by atoms with Gasteiger partial charge in [0.2, 0.25) is 10.0 Å². The zero-order chi connectivity index (χ0) is 15.9. The lowest BCUT2D eigenvalue weighted by Crippen LogP contribution is -2.34. The number of hydrogen-bond acceptors (Lipinski definition) is 5. The molecule has 0 saturated carbocycles. The average molecular weight is 323 g/mol. The van der Waals surface area contributed by atoms with E-state index >= 15 is 0 Å². The van der Waals surface area contributed by atoms with E-state index in [2.05, 4.69) is 5.32 Å². The lowest BCUT2D eigenvalue weighted by Gasteiger charge is -2.19. The molecule has 3 rings (SSSR count). The molecule has 22 heavy (non-hydrogen) atoms. The third-order valence-electron chi connectivity index (χ3n) is 4.00. The molecule has 118 valence electrons. The number of hydrogen-bond donors (Lipinski definition) is 1. The van der Waals surface area contributed by atoms with E-state index in [9.17, 15) is 18.0 Å². The van der Waals surface area contributed by atoms with Crippen molar-refractivity contribution in [2.24, 2.45) is 0 Å². The molecule has 1 aromatic carbocycles. The molecule has 2 aliphatic rings. The molecule has 8 heteroatoms. The highest BCUT2D eigenvalue weighted by Gasteiger charge is 2.35. The number of sulfonamides is 1. The lowest BCUT2D eigenvalue weighted by atomic mass is 10.1. The monoisotopic (exact) mass is 323 g/mol. The molecule has 2 amide bonds. The third-order valence-corrected chi connectivity index (χ3v) is 5.89. The summed E-state index contributed by atoms with van der Waals surface area (Å²) in [6.45, 7) is 2.23. The van der Waals surface area contributed by atoms with Gasteiger partial charge in [-0.1, -0.05) is 0 Å². The molecule has 0 atom stereocenters. The number of carbonyl (C=O) groups excluding carboxylic acids is 2. The van der Waals surface area contributed by atoms with Crippen LogP contribution in [0.25, 0.3) is 0 Å². The van der Waals surface area contributed by atoms with Crippen molar-refractivity contribution in [2.75, 3.05) is 33.2 Å². The van der Waals surface area contributed by atoms with Gasteiger partial charge in [-0.3, -0.25) is 14.5 Å². The van der Waals surface area contributed by atoms with E-state index in [1.807, 2.05) is 0 Å². The van der Waals surface area contributed by atoms with Crippen LogP contribution in [-0.2, 0) is 10.0 Å². The number of nitrogens with zero attached hydrogens (tertiary/aromatic N) is 2. The van der Waals surface area contributed by atoms with Gasteiger partial charge in [0.15, 0.2) is 0 Å². The fourth-order valence-electron chi connectivity index (χ4n) is 2.71. The summed E-state index contributed by atoms with van der Waals surface area (Å²) in [5, 5.41) is 3.15. The van der Waals surface area contributed by atoms with Crippen molar-refractivity contribution in [3.63, 3.8) is 0 Å². The van der Waals surface area contributed by atoms with E-state index in [-0.39, 0.29) is 16.0 Å². The third kappa shape index (κ3) is 2.33. The molecular formula is C14H17N3O4S. The van der Waals surface area contributed by atoms with Crippen LogP contribution < -0.4 is 5.32 Å². The second-order valence-corrected chi connectivity index (χ2v) is 7.32. The van der Waals surface area contributed by atoms with Crippen LogP contribution in [0.15, 0.2) is 23.1 Å². The topological polar surface area (TPSA) is 86.8 Å². The normalized spacial score (nSPS) is 20.1. The minimum absolute atomic E-state index is 0.0598. The highest BCUT2D eigenvalue weighted by Crippen LogP contribution is 2.26. The smallest absolute Gasteiger partial charge is 0.261 e. The molecule has 0 aliphatic carbocycles. The van der Waals surface area contributed by atoms with Gasteiger partial charge in [-0.2, -0.15) is 4.31 Å². The van der Waals surface area contributed by atoms with Gasteiger partial charge in [-0.25, -0.2) is 8.42 Å². The van der Waals surface area contributed by atoms with E-state index in [1.165, 1.54) is 29.6 Å². The fraction of sp³-hybridized carbons (Fsp3) is 0.429. The number of imide groups is 1. The minimum Gasteiger partial charge on any atom is -0.315 e. The van der Waals surface area contributed by atoms with Gasteiger partial charge < -0.3 is 5.32 Å². The maximum Gasteiger partial charge on any atom is 0.261 e. The Kier molecular flexibility index (Phi) is 3.75. The Morgan fingerprint density at radius 3 is 2.55 bits per heavy atom. The summed E-state index contributed by atoms with van der Waals surface area (Å²) < 4.78 is 26.8. The fourth-order valence-corrected chi connectivity index (χ4v) is 4.22. The van der Waals surface area contributed by atoms with Crippen molar-refractivity contribution in [3.05, 3.63) is 29.3 Å². The summed E-state index contributed by atoms with van der Waals surface area (Å²) in [6, 6.07) is 4.13. The summed E-state index contributed by atoms with van der Waals surface area (Å²) in [5.74, 6) is -0.863. The Balaban J connectivity index is 1.99. The van der Waals surface area contributed by atoms with Gasteiger partial charge in [0, 0.05) is 26.7 Å². The highest BCUT2D eigenvalue weighted by atomic mass is 32.2. The molecule has 0 unspecified atom stereocenters. The van der Waals surface area contributed by atoms with Gasteiger partial charge in [0.05, 0.1) is 16.0 Å². The number of carbonyl (C=O) groups is 2. The van der Waals surface area contributed by atoms with Crippen LogP contribution in [0, 0.1) is 0 Å². The maximum absolute atomic E-state index is 12.7. The quantitative estimate of drug-likeness (QED) is 0.768. The summed E-state index contributed by atoms with van der Waals surface area (Å²) in [6.07, 6.45) is 0.740. The molecule has 0 spiro atoms. The molecule has 0 bridgehead atoms. The number of nitrogens with one attached hydrogen (secondary N) is 1. The van der Waals surface area contributed by atoms with Crippen LogP contribution in [0.2, 0.25) is 0 Å². The van der Waals surface area contributed by atoms with Gasteiger partial charge in [-0.05, 0) is 31.2 Å². The Bertz CT molecular complexity index is 736. The van der Waals surface area contributed by atoms with Crippen molar-refractivity contribution in [3.8, 4) is 0 Å². The summed E-state index contributed by atoms with van der Waals surface area (Å²) >= 11 is 0. The minimum atomic E-state index is -3.65. The van der Waals surface area contributed by atoms with E-state index in [0.29, 0.717) is 19.6 Å². The zero-order valence-corrected chi connectivity index (χ0v) is 13.0. The number of benzene rings is 1. The standard InChI is InChI=1S/C14H17N3O4S/c1-16-13(18)11-4-3-10(9-12(11)14(16)19)22(20,21)17-7-2-5-15-6-8-17/h3-4,9,15H,2,5-8H2,1H3. The SMILES string of the molecule is CN1C(=O)c2ccc(S(=O)(=O)N3CCCNCC3)cc2C1=O. The second kappa shape index (κ2) is 5.45. The molecule has 1 fully saturated rings. The molecule has 0 aromatic heterocycles. The first-order valence-corrected chi connectivity index (χ1v) is 8.54. The average Bonchev–Trinajstić information content (AvgIpc) is 2.75. The van der Waals surface area contributed by atoms with Crippen molar-refractivity contribution < 1.29 is 18.0 Å². The predicted molar refractivity (Wildman–Crippen MR) is 79.1 cm³/mol.